The number of halogens is 1. The highest BCUT2D eigenvalue weighted by molar-refractivity contribution is 5.61. The van der Waals surface area contributed by atoms with E-state index in [1.165, 1.54) is 0 Å². The minimum absolute atomic E-state index is 0.0337. The zero-order valence-corrected chi connectivity index (χ0v) is 12.2. The second-order valence-corrected chi connectivity index (χ2v) is 4.94. The van der Waals surface area contributed by atoms with Crippen molar-refractivity contribution in [1.29, 1.82) is 0 Å². The number of anilines is 1. The van der Waals surface area contributed by atoms with Gasteiger partial charge in [0.1, 0.15) is 11.5 Å². The second kappa shape index (κ2) is 6.84. The van der Waals surface area contributed by atoms with Crippen LogP contribution in [0.15, 0.2) is 36.5 Å². The summed E-state index contributed by atoms with van der Waals surface area (Å²) in [5.41, 5.74) is 0.760. The van der Waals surface area contributed by atoms with E-state index in [1.54, 1.807) is 18.3 Å². The van der Waals surface area contributed by atoms with Gasteiger partial charge in [-0.05, 0) is 25.5 Å². The molecule has 22 heavy (non-hydrogen) atoms. The van der Waals surface area contributed by atoms with E-state index in [4.69, 9.17) is 4.74 Å². The van der Waals surface area contributed by atoms with Gasteiger partial charge in [-0.2, -0.15) is 0 Å². The Hall–Kier alpha value is -2.70. The lowest BCUT2D eigenvalue weighted by Gasteiger charge is -2.10. The molecule has 1 aromatic heterocycles. The largest absolute Gasteiger partial charge is 0.475 e. The Bertz CT molecular complexity index is 660. The quantitative estimate of drug-likeness (QED) is 0.652. The average Bonchev–Trinajstić information content (AvgIpc) is 2.45. The zero-order chi connectivity index (χ0) is 16.1. The average molecular weight is 305 g/mol. The first kappa shape index (κ1) is 15.7. The number of hydrogen-bond donors (Lipinski definition) is 1. The maximum atomic E-state index is 13.2. The van der Waals surface area contributed by atoms with Gasteiger partial charge >= 0.3 is 0 Å². The molecule has 2 aromatic rings. The first-order valence-corrected chi connectivity index (χ1v) is 6.75. The molecule has 0 spiro atoms. The predicted molar refractivity (Wildman–Crippen MR) is 80.4 cm³/mol. The van der Waals surface area contributed by atoms with Crippen LogP contribution >= 0.6 is 0 Å². The van der Waals surface area contributed by atoms with Crippen LogP contribution in [-0.4, -0.2) is 16.0 Å². The van der Waals surface area contributed by atoms with Crippen molar-refractivity contribution in [3.8, 4) is 5.88 Å². The van der Waals surface area contributed by atoms with Gasteiger partial charge in [0.25, 0.3) is 5.69 Å². The van der Waals surface area contributed by atoms with Gasteiger partial charge in [-0.25, -0.2) is 9.37 Å². The Balaban J connectivity index is 2.07. The summed E-state index contributed by atoms with van der Waals surface area (Å²) in [5, 5.41) is 13.8. The molecule has 1 aromatic carbocycles. The molecular weight excluding hydrogens is 289 g/mol. The van der Waals surface area contributed by atoms with Gasteiger partial charge in [0.15, 0.2) is 0 Å². The molecule has 1 heterocycles. The Morgan fingerprint density at radius 2 is 2.14 bits per heavy atom. The lowest BCUT2D eigenvalue weighted by atomic mass is 10.2. The van der Waals surface area contributed by atoms with Gasteiger partial charge < -0.3 is 10.1 Å². The Labute approximate surface area is 127 Å². The molecule has 0 aliphatic heterocycles. The van der Waals surface area contributed by atoms with Crippen LogP contribution in [0.2, 0.25) is 0 Å². The maximum Gasteiger partial charge on any atom is 0.292 e. The molecule has 0 bridgehead atoms. The normalized spacial score (nSPS) is 10.5. The molecule has 0 saturated carbocycles. The highest BCUT2D eigenvalue weighted by Crippen LogP contribution is 2.25. The van der Waals surface area contributed by atoms with Crippen LogP contribution in [0.1, 0.15) is 19.4 Å². The third kappa shape index (κ3) is 4.15. The van der Waals surface area contributed by atoms with Crippen molar-refractivity contribution in [3.63, 3.8) is 0 Å². The van der Waals surface area contributed by atoms with Gasteiger partial charge in [0, 0.05) is 30.9 Å². The summed E-state index contributed by atoms with van der Waals surface area (Å²) in [7, 11) is 0. The van der Waals surface area contributed by atoms with Gasteiger partial charge in [0.05, 0.1) is 11.0 Å². The fraction of sp³-hybridized carbons (Fsp3) is 0.267. The minimum Gasteiger partial charge on any atom is -0.475 e. The van der Waals surface area contributed by atoms with Crippen LogP contribution < -0.4 is 10.1 Å². The topological polar surface area (TPSA) is 77.3 Å². The van der Waals surface area contributed by atoms with E-state index in [9.17, 15) is 14.5 Å². The summed E-state index contributed by atoms with van der Waals surface area (Å²) in [5.74, 6) is -0.0256. The molecule has 0 aliphatic rings. The fourth-order valence-electron chi connectivity index (χ4n) is 1.83. The summed E-state index contributed by atoms with van der Waals surface area (Å²) < 4.78 is 18.6. The molecular formula is C15H16FN3O3. The number of nitro benzene ring substituents is 1. The zero-order valence-electron chi connectivity index (χ0n) is 12.2. The van der Waals surface area contributed by atoms with Crippen molar-refractivity contribution in [2.75, 3.05) is 5.32 Å². The van der Waals surface area contributed by atoms with E-state index in [0.717, 1.165) is 23.8 Å². The summed E-state index contributed by atoms with van der Waals surface area (Å²) in [6.07, 6.45) is 1.64. The molecule has 0 amide bonds. The van der Waals surface area contributed by atoms with Crippen molar-refractivity contribution in [2.24, 2.45) is 0 Å². The molecule has 1 N–H and O–H groups in total. The first-order chi connectivity index (χ1) is 10.5. The molecule has 0 radical (unpaired) electrons. The van der Waals surface area contributed by atoms with Crippen molar-refractivity contribution in [2.45, 2.75) is 26.5 Å². The molecule has 0 saturated heterocycles. The van der Waals surface area contributed by atoms with Crippen LogP contribution in [0.25, 0.3) is 0 Å². The Morgan fingerprint density at radius 3 is 2.73 bits per heavy atom. The number of ether oxygens (including phenoxy) is 1. The van der Waals surface area contributed by atoms with Crippen LogP contribution in [0.5, 0.6) is 5.88 Å². The van der Waals surface area contributed by atoms with Crippen LogP contribution in [-0.2, 0) is 6.54 Å². The van der Waals surface area contributed by atoms with Crippen molar-refractivity contribution < 1.29 is 14.1 Å². The highest BCUT2D eigenvalue weighted by Gasteiger charge is 2.14. The smallest absolute Gasteiger partial charge is 0.292 e. The molecule has 0 atom stereocenters. The number of hydrogen-bond acceptors (Lipinski definition) is 5. The number of nitro groups is 1. The third-order valence-corrected chi connectivity index (χ3v) is 2.79. The van der Waals surface area contributed by atoms with E-state index in [1.807, 2.05) is 13.8 Å². The van der Waals surface area contributed by atoms with Crippen molar-refractivity contribution in [3.05, 3.63) is 58.0 Å². The number of benzene rings is 1. The second-order valence-electron chi connectivity index (χ2n) is 4.94. The molecule has 7 heteroatoms. The van der Waals surface area contributed by atoms with Gasteiger partial charge in [0.2, 0.25) is 5.88 Å². The molecule has 2 rings (SSSR count). The van der Waals surface area contributed by atoms with Crippen LogP contribution in [0, 0.1) is 15.9 Å². The van der Waals surface area contributed by atoms with E-state index < -0.39 is 10.7 Å². The van der Waals surface area contributed by atoms with E-state index in [-0.39, 0.29) is 17.5 Å². The number of nitrogens with zero attached hydrogens (tertiary/aromatic N) is 2. The first-order valence-electron chi connectivity index (χ1n) is 6.75. The standard InChI is InChI=1S/C15H16FN3O3/c1-10(2)22-15-6-3-11(9-18-15)8-17-13-7-12(16)4-5-14(13)19(20)21/h3-7,9-10,17H,8H2,1-2H3. The van der Waals surface area contributed by atoms with Crippen molar-refractivity contribution in [1.82, 2.24) is 4.98 Å². The Kier molecular flexibility index (Phi) is 4.88. The SMILES string of the molecule is CC(C)Oc1ccc(CNc2cc(F)ccc2[N+](=O)[O-])cn1. The van der Waals surface area contributed by atoms with E-state index in [0.29, 0.717) is 12.4 Å². The Morgan fingerprint density at radius 1 is 1.36 bits per heavy atom. The maximum absolute atomic E-state index is 13.2. The van der Waals surface area contributed by atoms with Gasteiger partial charge in [-0.15, -0.1) is 0 Å². The monoisotopic (exact) mass is 305 g/mol. The molecule has 0 fully saturated rings. The predicted octanol–water partition coefficient (Wildman–Crippen LogP) is 3.53. The number of aromatic nitrogens is 1. The van der Waals surface area contributed by atoms with Gasteiger partial charge in [-0.3, -0.25) is 10.1 Å². The summed E-state index contributed by atoms with van der Waals surface area (Å²) in [4.78, 5) is 14.5. The number of pyridine rings is 1. The number of nitrogens with one attached hydrogen (secondary N) is 1. The summed E-state index contributed by atoms with van der Waals surface area (Å²) in [6.45, 7) is 4.10. The van der Waals surface area contributed by atoms with E-state index >= 15 is 0 Å². The lowest BCUT2D eigenvalue weighted by Crippen LogP contribution is -2.07. The lowest BCUT2D eigenvalue weighted by molar-refractivity contribution is -0.384. The molecule has 6 nitrogen and oxygen atoms in total. The minimum atomic E-state index is -0.556. The van der Waals surface area contributed by atoms with Crippen LogP contribution in [0.4, 0.5) is 15.8 Å². The molecule has 0 unspecified atom stereocenters. The fourth-order valence-corrected chi connectivity index (χ4v) is 1.83. The summed E-state index contributed by atoms with van der Waals surface area (Å²) >= 11 is 0. The number of rotatable bonds is 6. The van der Waals surface area contributed by atoms with Gasteiger partial charge in [-0.1, -0.05) is 6.07 Å². The van der Waals surface area contributed by atoms with Crippen LogP contribution in [0.3, 0.4) is 0 Å². The molecule has 116 valence electrons. The van der Waals surface area contributed by atoms with Crippen molar-refractivity contribution >= 4 is 11.4 Å². The molecule has 0 aliphatic carbocycles. The third-order valence-electron chi connectivity index (χ3n) is 2.79. The summed E-state index contributed by atoms with van der Waals surface area (Å²) in [6, 6.07) is 6.81. The van der Waals surface area contributed by atoms with E-state index in [2.05, 4.69) is 10.3 Å². The highest BCUT2D eigenvalue weighted by atomic mass is 19.1.